The monoisotopic (exact) mass is 486 g/mol. The Morgan fingerprint density at radius 2 is 1.58 bits per heavy atom. The van der Waals surface area contributed by atoms with Crippen LogP contribution in [0.4, 0.5) is 11.4 Å². The van der Waals surface area contributed by atoms with Gasteiger partial charge in [-0.2, -0.15) is 0 Å². The third kappa shape index (κ3) is 5.61. The van der Waals surface area contributed by atoms with E-state index in [1.807, 2.05) is 48.5 Å². The van der Waals surface area contributed by atoms with Crippen LogP contribution in [-0.2, 0) is 10.0 Å². The van der Waals surface area contributed by atoms with Crippen LogP contribution in [0, 0.1) is 0 Å². The lowest BCUT2D eigenvalue weighted by Crippen LogP contribution is -2.30. The number of rotatable bonds is 9. The lowest BCUT2D eigenvalue weighted by molar-refractivity contribution is 0.102. The molecule has 0 heterocycles. The summed E-state index contributed by atoms with van der Waals surface area (Å²) in [7, 11) is 0.699. The minimum absolute atomic E-state index is 0.116. The molecule has 0 saturated heterocycles. The minimum atomic E-state index is -3.62. The van der Waals surface area contributed by atoms with E-state index in [1.54, 1.807) is 13.0 Å². The van der Waals surface area contributed by atoms with Crippen molar-refractivity contribution in [1.82, 2.24) is 0 Å². The zero-order valence-corrected chi connectivity index (χ0v) is 20.5. The van der Waals surface area contributed by atoms with Crippen LogP contribution in [0.3, 0.4) is 0 Å². The van der Waals surface area contributed by atoms with Crippen LogP contribution >= 0.6 is 11.8 Å². The number of anilines is 2. The predicted octanol–water partition coefficient (Wildman–Crippen LogP) is 4.89. The maximum absolute atomic E-state index is 13.4. The fraction of sp³-hybridized carbons (Fsp3) is 0.208. The summed E-state index contributed by atoms with van der Waals surface area (Å²) in [6.45, 7) is 1.55. The van der Waals surface area contributed by atoms with Crippen molar-refractivity contribution in [2.45, 2.75) is 16.7 Å². The Morgan fingerprint density at radius 3 is 2.21 bits per heavy atom. The molecule has 7 nitrogen and oxygen atoms in total. The molecule has 33 heavy (non-hydrogen) atoms. The number of carbonyl (C=O) groups excluding carboxylic acids is 1. The summed E-state index contributed by atoms with van der Waals surface area (Å²) in [6.07, 6.45) is 0. The second kappa shape index (κ2) is 10.6. The van der Waals surface area contributed by atoms with Gasteiger partial charge in [-0.1, -0.05) is 42.1 Å². The number of nitrogens with zero attached hydrogens (tertiary/aromatic N) is 1. The van der Waals surface area contributed by atoms with Gasteiger partial charge in [0, 0.05) is 22.9 Å². The summed E-state index contributed by atoms with van der Waals surface area (Å²) in [5.41, 5.74) is 0.949. The van der Waals surface area contributed by atoms with Crippen molar-refractivity contribution in [2.75, 3.05) is 36.6 Å². The van der Waals surface area contributed by atoms with Crippen LogP contribution in [0.2, 0.25) is 0 Å². The second-order valence-corrected chi connectivity index (χ2v) is 10.4. The molecule has 1 N–H and O–H groups in total. The fourth-order valence-electron chi connectivity index (χ4n) is 3.12. The van der Waals surface area contributed by atoms with E-state index in [2.05, 4.69) is 5.32 Å². The standard InChI is InChI=1S/C24H26N2O5S2/c1-5-33(28,29)26(2)20-16-22(31-4)21(30-3)15-18(20)24(27)25-19-13-9-10-14-23(19)32-17-11-7-6-8-12-17/h6-16H,5H2,1-4H3,(H,25,27). The third-order valence-electron chi connectivity index (χ3n) is 4.97. The topological polar surface area (TPSA) is 84.9 Å². The maximum atomic E-state index is 13.4. The lowest BCUT2D eigenvalue weighted by atomic mass is 10.1. The Balaban J connectivity index is 2.02. The number of hydrogen-bond donors (Lipinski definition) is 1. The number of para-hydroxylation sites is 1. The first-order valence-electron chi connectivity index (χ1n) is 10.2. The van der Waals surface area contributed by atoms with Gasteiger partial charge in [0.1, 0.15) is 0 Å². The van der Waals surface area contributed by atoms with Crippen LogP contribution < -0.4 is 19.1 Å². The number of methoxy groups -OCH3 is 2. The molecule has 0 aliphatic carbocycles. The molecule has 0 aliphatic heterocycles. The van der Waals surface area contributed by atoms with Crippen LogP contribution in [0.5, 0.6) is 11.5 Å². The largest absolute Gasteiger partial charge is 0.493 e. The van der Waals surface area contributed by atoms with Crippen LogP contribution in [0.25, 0.3) is 0 Å². The quantitative estimate of drug-likeness (QED) is 0.463. The van der Waals surface area contributed by atoms with E-state index in [1.165, 1.54) is 45.2 Å². The van der Waals surface area contributed by atoms with Crippen LogP contribution in [0.1, 0.15) is 17.3 Å². The zero-order chi connectivity index (χ0) is 24.0. The Labute approximate surface area is 198 Å². The molecular weight excluding hydrogens is 460 g/mol. The summed E-state index contributed by atoms with van der Waals surface area (Å²) in [5.74, 6) is 0.0585. The summed E-state index contributed by atoms with van der Waals surface area (Å²) >= 11 is 1.52. The van der Waals surface area contributed by atoms with Gasteiger partial charge in [-0.3, -0.25) is 9.10 Å². The first-order chi connectivity index (χ1) is 15.8. The highest BCUT2D eigenvalue weighted by molar-refractivity contribution is 7.99. The molecule has 0 atom stereocenters. The van der Waals surface area contributed by atoms with E-state index in [-0.39, 0.29) is 17.0 Å². The highest BCUT2D eigenvalue weighted by atomic mass is 32.2. The molecule has 0 spiro atoms. The van der Waals surface area contributed by atoms with E-state index in [4.69, 9.17) is 9.47 Å². The normalized spacial score (nSPS) is 11.0. The molecule has 9 heteroatoms. The fourth-order valence-corrected chi connectivity index (χ4v) is 4.88. The van der Waals surface area contributed by atoms with Crippen molar-refractivity contribution in [3.8, 4) is 11.5 Å². The van der Waals surface area contributed by atoms with Crippen molar-refractivity contribution in [3.63, 3.8) is 0 Å². The molecule has 3 aromatic carbocycles. The summed E-state index contributed by atoms with van der Waals surface area (Å²) in [5, 5.41) is 2.92. The molecule has 0 fully saturated rings. The first kappa shape index (κ1) is 24.5. The van der Waals surface area contributed by atoms with Gasteiger partial charge in [0.25, 0.3) is 5.91 Å². The SMILES string of the molecule is CCS(=O)(=O)N(C)c1cc(OC)c(OC)cc1C(=O)Nc1ccccc1Sc1ccccc1. The lowest BCUT2D eigenvalue weighted by Gasteiger charge is -2.23. The molecular formula is C24H26N2O5S2. The van der Waals surface area contributed by atoms with Gasteiger partial charge in [0.15, 0.2) is 11.5 Å². The molecule has 0 aliphatic rings. The Morgan fingerprint density at radius 1 is 0.970 bits per heavy atom. The van der Waals surface area contributed by atoms with Gasteiger partial charge >= 0.3 is 0 Å². The molecule has 0 aromatic heterocycles. The predicted molar refractivity (Wildman–Crippen MR) is 132 cm³/mol. The molecule has 1 amide bonds. The first-order valence-corrected chi connectivity index (χ1v) is 12.6. The average Bonchev–Trinajstić information content (AvgIpc) is 2.84. The number of benzene rings is 3. The van der Waals surface area contributed by atoms with Gasteiger partial charge in [-0.15, -0.1) is 0 Å². The van der Waals surface area contributed by atoms with E-state index in [0.717, 1.165) is 14.1 Å². The van der Waals surface area contributed by atoms with E-state index in [0.29, 0.717) is 17.2 Å². The Hall–Kier alpha value is -3.17. The molecule has 3 aromatic rings. The third-order valence-corrected chi connectivity index (χ3v) is 7.82. The maximum Gasteiger partial charge on any atom is 0.257 e. The van der Waals surface area contributed by atoms with Crippen molar-refractivity contribution in [2.24, 2.45) is 0 Å². The summed E-state index contributed by atoms with van der Waals surface area (Å²) in [6, 6.07) is 20.2. The van der Waals surface area contributed by atoms with Gasteiger partial charge in [-0.25, -0.2) is 8.42 Å². The number of carbonyl (C=O) groups is 1. The van der Waals surface area contributed by atoms with E-state index in [9.17, 15) is 13.2 Å². The molecule has 3 rings (SSSR count). The van der Waals surface area contributed by atoms with Gasteiger partial charge in [-0.05, 0) is 37.3 Å². The Kier molecular flexibility index (Phi) is 7.88. The van der Waals surface area contributed by atoms with E-state index >= 15 is 0 Å². The molecule has 0 bridgehead atoms. The van der Waals surface area contributed by atoms with Gasteiger partial charge < -0.3 is 14.8 Å². The molecule has 0 unspecified atom stereocenters. The number of hydrogen-bond acceptors (Lipinski definition) is 6. The minimum Gasteiger partial charge on any atom is -0.493 e. The van der Waals surface area contributed by atoms with Crippen molar-refractivity contribution >= 4 is 39.1 Å². The average molecular weight is 487 g/mol. The summed E-state index contributed by atoms with van der Waals surface area (Å²) in [4.78, 5) is 15.3. The highest BCUT2D eigenvalue weighted by Crippen LogP contribution is 2.37. The number of ether oxygens (including phenoxy) is 2. The zero-order valence-electron chi connectivity index (χ0n) is 18.9. The molecule has 0 radical (unpaired) electrons. The van der Waals surface area contributed by atoms with Crippen molar-refractivity contribution in [3.05, 3.63) is 72.3 Å². The van der Waals surface area contributed by atoms with Gasteiger partial charge in [0.2, 0.25) is 10.0 Å². The number of sulfonamides is 1. The smallest absolute Gasteiger partial charge is 0.257 e. The van der Waals surface area contributed by atoms with E-state index < -0.39 is 15.9 Å². The molecule has 0 saturated carbocycles. The number of amides is 1. The summed E-state index contributed by atoms with van der Waals surface area (Å²) < 4.78 is 36.9. The Bertz CT molecular complexity index is 1230. The highest BCUT2D eigenvalue weighted by Gasteiger charge is 2.25. The van der Waals surface area contributed by atoms with Crippen molar-refractivity contribution < 1.29 is 22.7 Å². The van der Waals surface area contributed by atoms with Crippen molar-refractivity contribution in [1.29, 1.82) is 0 Å². The number of nitrogens with one attached hydrogen (secondary N) is 1. The van der Waals surface area contributed by atoms with Gasteiger partial charge in [0.05, 0.1) is 36.9 Å². The second-order valence-electron chi connectivity index (χ2n) is 6.96. The van der Waals surface area contributed by atoms with Crippen LogP contribution in [-0.4, -0.2) is 41.3 Å². The molecule has 174 valence electrons. The van der Waals surface area contributed by atoms with Crippen LogP contribution in [0.15, 0.2) is 76.5 Å².